The highest BCUT2D eigenvalue weighted by Gasteiger charge is 2.25. The Kier molecular flexibility index (Phi) is 7.57. The SMILES string of the molecule is CCCNC(=O)C(C)N(Cc1ccccc1F)C(=O)CCC. The Hall–Kier alpha value is -1.91. The van der Waals surface area contributed by atoms with Gasteiger partial charge in [-0.25, -0.2) is 4.39 Å². The molecular formula is C17H25FN2O2. The van der Waals surface area contributed by atoms with Crippen LogP contribution in [0, 0.1) is 5.82 Å². The minimum absolute atomic E-state index is 0.103. The average Bonchev–Trinajstić information content (AvgIpc) is 2.51. The highest BCUT2D eigenvalue weighted by Crippen LogP contribution is 2.14. The van der Waals surface area contributed by atoms with Gasteiger partial charge in [0.2, 0.25) is 11.8 Å². The van der Waals surface area contributed by atoms with Crippen molar-refractivity contribution in [3.05, 3.63) is 35.6 Å². The lowest BCUT2D eigenvalue weighted by molar-refractivity contribution is -0.140. The third-order valence-corrected chi connectivity index (χ3v) is 3.48. The van der Waals surface area contributed by atoms with Crippen molar-refractivity contribution in [2.24, 2.45) is 0 Å². The van der Waals surface area contributed by atoms with Gasteiger partial charge in [-0.1, -0.05) is 32.0 Å². The molecule has 0 heterocycles. The van der Waals surface area contributed by atoms with E-state index in [4.69, 9.17) is 0 Å². The maximum atomic E-state index is 13.8. The molecule has 2 amide bonds. The van der Waals surface area contributed by atoms with Crippen molar-refractivity contribution >= 4 is 11.8 Å². The number of benzene rings is 1. The predicted molar refractivity (Wildman–Crippen MR) is 84.6 cm³/mol. The van der Waals surface area contributed by atoms with Crippen LogP contribution in [-0.2, 0) is 16.1 Å². The molecule has 0 saturated heterocycles. The fraction of sp³-hybridized carbons (Fsp3) is 0.529. The van der Waals surface area contributed by atoms with Crippen LogP contribution in [-0.4, -0.2) is 29.3 Å². The standard InChI is InChI=1S/C17H25FN2O2/c1-4-8-16(21)20(13(3)17(22)19-11-5-2)12-14-9-6-7-10-15(14)18/h6-7,9-10,13H,4-5,8,11-12H2,1-3H3,(H,19,22). The van der Waals surface area contributed by atoms with Gasteiger partial charge in [-0.2, -0.15) is 0 Å². The van der Waals surface area contributed by atoms with E-state index in [1.165, 1.54) is 11.0 Å². The number of halogens is 1. The first-order chi connectivity index (χ1) is 10.5. The maximum Gasteiger partial charge on any atom is 0.242 e. The molecule has 0 aromatic heterocycles. The zero-order valence-electron chi connectivity index (χ0n) is 13.6. The molecule has 5 heteroatoms. The Balaban J connectivity index is 2.90. The zero-order chi connectivity index (χ0) is 16.5. The molecule has 0 radical (unpaired) electrons. The summed E-state index contributed by atoms with van der Waals surface area (Å²) in [6.07, 6.45) is 1.87. The monoisotopic (exact) mass is 308 g/mol. The van der Waals surface area contributed by atoms with Gasteiger partial charge in [-0.15, -0.1) is 0 Å². The molecule has 1 N–H and O–H groups in total. The molecule has 122 valence electrons. The molecule has 1 aromatic rings. The smallest absolute Gasteiger partial charge is 0.242 e. The summed E-state index contributed by atoms with van der Waals surface area (Å²) < 4.78 is 13.8. The van der Waals surface area contributed by atoms with E-state index in [0.717, 1.165) is 6.42 Å². The van der Waals surface area contributed by atoms with Gasteiger partial charge in [0.15, 0.2) is 0 Å². The summed E-state index contributed by atoms with van der Waals surface area (Å²) in [6.45, 7) is 6.22. The summed E-state index contributed by atoms with van der Waals surface area (Å²) in [5, 5.41) is 2.78. The van der Waals surface area contributed by atoms with E-state index in [-0.39, 0.29) is 24.2 Å². The summed E-state index contributed by atoms with van der Waals surface area (Å²) in [6, 6.07) is 5.71. The van der Waals surface area contributed by atoms with E-state index in [9.17, 15) is 14.0 Å². The summed E-state index contributed by atoms with van der Waals surface area (Å²) in [5.74, 6) is -0.703. The van der Waals surface area contributed by atoms with Crippen LogP contribution in [0.15, 0.2) is 24.3 Å². The van der Waals surface area contributed by atoms with Crippen LogP contribution in [0.2, 0.25) is 0 Å². The number of nitrogens with zero attached hydrogens (tertiary/aromatic N) is 1. The Bertz CT molecular complexity index is 505. The van der Waals surface area contributed by atoms with Crippen LogP contribution >= 0.6 is 0 Å². The topological polar surface area (TPSA) is 49.4 Å². The van der Waals surface area contributed by atoms with Crippen LogP contribution in [0.3, 0.4) is 0 Å². The quantitative estimate of drug-likeness (QED) is 0.803. The summed E-state index contributed by atoms with van der Waals surface area (Å²) in [5.41, 5.74) is 0.419. The largest absolute Gasteiger partial charge is 0.354 e. The first kappa shape index (κ1) is 18.1. The highest BCUT2D eigenvalue weighted by molar-refractivity contribution is 5.87. The summed E-state index contributed by atoms with van der Waals surface area (Å²) >= 11 is 0. The van der Waals surface area contributed by atoms with Crippen LogP contribution in [0.1, 0.15) is 45.6 Å². The molecular weight excluding hydrogens is 283 g/mol. The number of amides is 2. The fourth-order valence-electron chi connectivity index (χ4n) is 2.15. The van der Waals surface area contributed by atoms with Crippen molar-refractivity contribution in [2.75, 3.05) is 6.54 Å². The second-order valence-electron chi connectivity index (χ2n) is 5.33. The lowest BCUT2D eigenvalue weighted by Crippen LogP contribution is -2.47. The van der Waals surface area contributed by atoms with Gasteiger partial charge >= 0.3 is 0 Å². The third kappa shape index (κ3) is 5.13. The van der Waals surface area contributed by atoms with E-state index in [1.54, 1.807) is 25.1 Å². The Labute approximate surface area is 131 Å². The summed E-state index contributed by atoms with van der Waals surface area (Å²) in [4.78, 5) is 25.9. The number of carbonyl (C=O) groups is 2. The molecule has 0 aliphatic heterocycles. The molecule has 0 saturated carbocycles. The van der Waals surface area contributed by atoms with Crippen LogP contribution in [0.4, 0.5) is 4.39 Å². The lowest BCUT2D eigenvalue weighted by Gasteiger charge is -2.28. The second kappa shape index (κ2) is 9.18. The minimum atomic E-state index is -0.620. The van der Waals surface area contributed by atoms with Crippen molar-refractivity contribution in [1.29, 1.82) is 0 Å². The molecule has 0 bridgehead atoms. The van der Waals surface area contributed by atoms with Crippen molar-refractivity contribution in [2.45, 2.75) is 52.6 Å². The fourth-order valence-corrected chi connectivity index (χ4v) is 2.15. The average molecular weight is 308 g/mol. The van der Waals surface area contributed by atoms with Gasteiger partial charge in [0.1, 0.15) is 11.9 Å². The van der Waals surface area contributed by atoms with Gasteiger partial charge in [-0.05, 0) is 25.8 Å². The van der Waals surface area contributed by atoms with Gasteiger partial charge in [0.05, 0.1) is 0 Å². The Morgan fingerprint density at radius 2 is 1.91 bits per heavy atom. The van der Waals surface area contributed by atoms with Crippen LogP contribution < -0.4 is 5.32 Å². The number of hydrogen-bond donors (Lipinski definition) is 1. The van der Waals surface area contributed by atoms with Crippen molar-refractivity contribution in [1.82, 2.24) is 10.2 Å². The Morgan fingerprint density at radius 3 is 2.50 bits per heavy atom. The van der Waals surface area contributed by atoms with Gasteiger partial charge in [-0.3, -0.25) is 9.59 Å². The first-order valence-electron chi connectivity index (χ1n) is 7.81. The predicted octanol–water partition coefficient (Wildman–Crippen LogP) is 2.87. The first-order valence-corrected chi connectivity index (χ1v) is 7.81. The van der Waals surface area contributed by atoms with Crippen molar-refractivity contribution in [3.63, 3.8) is 0 Å². The van der Waals surface area contributed by atoms with Crippen molar-refractivity contribution < 1.29 is 14.0 Å². The minimum Gasteiger partial charge on any atom is -0.354 e. The molecule has 0 aliphatic rings. The van der Waals surface area contributed by atoms with Crippen LogP contribution in [0.25, 0.3) is 0 Å². The zero-order valence-corrected chi connectivity index (χ0v) is 13.6. The maximum absolute atomic E-state index is 13.8. The number of hydrogen-bond acceptors (Lipinski definition) is 2. The number of nitrogens with one attached hydrogen (secondary N) is 1. The third-order valence-electron chi connectivity index (χ3n) is 3.48. The van der Waals surface area contributed by atoms with Crippen molar-refractivity contribution in [3.8, 4) is 0 Å². The normalized spacial score (nSPS) is 11.8. The van der Waals surface area contributed by atoms with Gasteiger partial charge in [0.25, 0.3) is 0 Å². The molecule has 0 spiro atoms. The molecule has 0 aliphatic carbocycles. The molecule has 1 rings (SSSR count). The molecule has 4 nitrogen and oxygen atoms in total. The van der Waals surface area contributed by atoms with E-state index in [1.807, 2.05) is 13.8 Å². The highest BCUT2D eigenvalue weighted by atomic mass is 19.1. The van der Waals surface area contributed by atoms with E-state index >= 15 is 0 Å². The molecule has 1 aromatic carbocycles. The molecule has 1 atom stereocenters. The van der Waals surface area contributed by atoms with E-state index < -0.39 is 6.04 Å². The molecule has 22 heavy (non-hydrogen) atoms. The van der Waals surface area contributed by atoms with Crippen LogP contribution in [0.5, 0.6) is 0 Å². The summed E-state index contributed by atoms with van der Waals surface area (Å²) in [7, 11) is 0. The van der Waals surface area contributed by atoms with E-state index in [2.05, 4.69) is 5.32 Å². The van der Waals surface area contributed by atoms with E-state index in [0.29, 0.717) is 24.9 Å². The Morgan fingerprint density at radius 1 is 1.23 bits per heavy atom. The number of carbonyl (C=O) groups excluding carboxylic acids is 2. The van der Waals surface area contributed by atoms with Gasteiger partial charge in [0, 0.05) is 25.1 Å². The van der Waals surface area contributed by atoms with Gasteiger partial charge < -0.3 is 10.2 Å². The second-order valence-corrected chi connectivity index (χ2v) is 5.33. The lowest BCUT2D eigenvalue weighted by atomic mass is 10.1. The number of rotatable bonds is 8. The molecule has 1 unspecified atom stereocenters. The molecule has 0 fully saturated rings.